The van der Waals surface area contributed by atoms with E-state index in [1.807, 2.05) is 68.4 Å². The first-order valence-corrected chi connectivity index (χ1v) is 10.6. The highest BCUT2D eigenvalue weighted by molar-refractivity contribution is 9.10. The largest absolute Gasteiger partial charge is 0.477 e. The van der Waals surface area contributed by atoms with Gasteiger partial charge < -0.3 is 14.7 Å². The molecular formula is C22H18BrN3O2S. The van der Waals surface area contributed by atoms with E-state index < -0.39 is 5.97 Å². The lowest BCUT2D eigenvalue weighted by Crippen LogP contribution is -2.00. The first-order chi connectivity index (χ1) is 13.9. The molecule has 2 N–H and O–H groups in total. The molecule has 7 heteroatoms. The number of para-hydroxylation sites is 2. The molecule has 0 saturated heterocycles. The maximum absolute atomic E-state index is 11.9. The van der Waals surface area contributed by atoms with Gasteiger partial charge in [-0.1, -0.05) is 28.1 Å². The number of benzene rings is 2. The number of imidazole rings is 1. The molecule has 0 spiro atoms. The highest BCUT2D eigenvalue weighted by atomic mass is 79.9. The molecule has 0 saturated carbocycles. The number of rotatable bonds is 5. The van der Waals surface area contributed by atoms with Crippen LogP contribution in [0.3, 0.4) is 0 Å². The molecule has 0 unspecified atom stereocenters. The van der Waals surface area contributed by atoms with Crippen LogP contribution in [0.2, 0.25) is 0 Å². The summed E-state index contributed by atoms with van der Waals surface area (Å²) in [4.78, 5) is 19.7. The minimum absolute atomic E-state index is 0.208. The summed E-state index contributed by atoms with van der Waals surface area (Å²) in [6, 6.07) is 17.7. The second-order valence-electron chi connectivity index (χ2n) is 6.61. The number of hydrogen-bond acceptors (Lipinski definition) is 3. The van der Waals surface area contributed by atoms with Crippen LogP contribution in [-0.4, -0.2) is 25.6 Å². The predicted molar refractivity (Wildman–Crippen MR) is 121 cm³/mol. The van der Waals surface area contributed by atoms with Gasteiger partial charge in [0, 0.05) is 21.5 Å². The fourth-order valence-electron chi connectivity index (χ4n) is 3.28. The third-order valence-electron chi connectivity index (χ3n) is 4.63. The van der Waals surface area contributed by atoms with Gasteiger partial charge in [-0.15, -0.1) is 0 Å². The number of nitrogens with one attached hydrogen (secondary N) is 1. The molecule has 29 heavy (non-hydrogen) atoms. The van der Waals surface area contributed by atoms with Gasteiger partial charge in [-0.2, -0.15) is 0 Å². The molecule has 0 aliphatic carbocycles. The minimum Gasteiger partial charge on any atom is -0.477 e. The van der Waals surface area contributed by atoms with Gasteiger partial charge in [-0.05, 0) is 79.7 Å². The number of carboxylic acid groups (broad SMARTS) is 1. The van der Waals surface area contributed by atoms with E-state index >= 15 is 0 Å². The van der Waals surface area contributed by atoms with Crippen molar-refractivity contribution in [3.05, 3.63) is 80.9 Å². The van der Waals surface area contributed by atoms with Crippen molar-refractivity contribution in [1.29, 1.82) is 0 Å². The Kier molecular flexibility index (Phi) is 5.34. The van der Waals surface area contributed by atoms with E-state index in [-0.39, 0.29) is 4.91 Å². The van der Waals surface area contributed by atoms with E-state index in [2.05, 4.69) is 30.5 Å². The molecule has 0 aliphatic heterocycles. The van der Waals surface area contributed by atoms with Crippen LogP contribution in [0.15, 0.2) is 69.1 Å². The molecule has 4 rings (SSSR count). The van der Waals surface area contributed by atoms with Crippen molar-refractivity contribution in [3.8, 4) is 5.69 Å². The third kappa shape index (κ3) is 4.02. The molecule has 5 nitrogen and oxygen atoms in total. The van der Waals surface area contributed by atoms with Crippen LogP contribution in [0, 0.1) is 13.8 Å². The number of hydrogen-bond donors (Lipinski definition) is 2. The lowest BCUT2D eigenvalue weighted by molar-refractivity contribution is -0.131. The van der Waals surface area contributed by atoms with E-state index in [1.165, 1.54) is 0 Å². The number of nitrogens with zero attached hydrogens (tertiary/aromatic N) is 2. The molecular weight excluding hydrogens is 450 g/mol. The summed E-state index contributed by atoms with van der Waals surface area (Å²) in [5.41, 5.74) is 5.61. The second kappa shape index (κ2) is 7.93. The monoisotopic (exact) mass is 467 g/mol. The van der Waals surface area contributed by atoms with Crippen molar-refractivity contribution in [1.82, 2.24) is 14.5 Å². The maximum atomic E-state index is 11.9. The number of carbonyl (C=O) groups is 1. The predicted octanol–water partition coefficient (Wildman–Crippen LogP) is 5.95. The molecule has 4 aromatic rings. The van der Waals surface area contributed by atoms with Gasteiger partial charge in [0.05, 0.1) is 11.0 Å². The Balaban J connectivity index is 1.71. The molecule has 0 atom stereocenters. The molecule has 2 aromatic carbocycles. The Hall–Kier alpha value is -2.77. The third-order valence-corrected chi connectivity index (χ3v) is 6.05. The van der Waals surface area contributed by atoms with E-state index in [9.17, 15) is 9.90 Å². The molecule has 0 bridgehead atoms. The molecule has 0 fully saturated rings. The van der Waals surface area contributed by atoms with E-state index in [0.29, 0.717) is 5.16 Å². The van der Waals surface area contributed by atoms with Crippen LogP contribution in [0.5, 0.6) is 0 Å². The van der Waals surface area contributed by atoms with Crippen molar-refractivity contribution in [2.75, 3.05) is 0 Å². The van der Waals surface area contributed by atoms with Crippen LogP contribution in [0.25, 0.3) is 22.8 Å². The zero-order valence-corrected chi connectivity index (χ0v) is 18.2. The first kappa shape index (κ1) is 19.5. The highest BCUT2D eigenvalue weighted by Gasteiger charge is 2.16. The summed E-state index contributed by atoms with van der Waals surface area (Å²) in [6.07, 6.45) is 1.71. The maximum Gasteiger partial charge on any atom is 0.342 e. The lowest BCUT2D eigenvalue weighted by Gasteiger charge is -2.09. The number of fused-ring (bicyclic) bond motifs is 1. The molecule has 0 amide bonds. The number of thioether (sulfide) groups is 1. The number of aromatic nitrogens is 3. The minimum atomic E-state index is -0.982. The summed E-state index contributed by atoms with van der Waals surface area (Å²) in [6.45, 7) is 4.01. The standard InChI is InChI=1S/C22H18BrN3O2S/c1-13-11-15(14(2)26(13)17-9-7-16(23)8-10-17)12-20(21(27)28)29-22-24-18-5-3-4-6-19(18)25-22/h3-12H,1-2H3,(H,24,25)(H,27,28)/b20-12-. The number of aromatic amines is 1. The smallest absolute Gasteiger partial charge is 0.342 e. The quantitative estimate of drug-likeness (QED) is 0.281. The number of H-pyrrole nitrogens is 1. The summed E-state index contributed by atoms with van der Waals surface area (Å²) in [5.74, 6) is -0.982. The van der Waals surface area contributed by atoms with Crippen molar-refractivity contribution in [3.63, 3.8) is 0 Å². The first-order valence-electron chi connectivity index (χ1n) is 8.95. The molecule has 0 aliphatic rings. The summed E-state index contributed by atoms with van der Waals surface area (Å²) in [7, 11) is 0. The molecule has 2 heterocycles. The molecule has 2 aromatic heterocycles. The van der Waals surface area contributed by atoms with Crippen LogP contribution in [0.4, 0.5) is 0 Å². The van der Waals surface area contributed by atoms with Gasteiger partial charge >= 0.3 is 5.97 Å². The summed E-state index contributed by atoms with van der Waals surface area (Å²) < 4.78 is 3.13. The fourth-order valence-corrected chi connectivity index (χ4v) is 4.33. The Bertz CT molecular complexity index is 1210. The van der Waals surface area contributed by atoms with Gasteiger partial charge in [0.2, 0.25) is 0 Å². The van der Waals surface area contributed by atoms with Crippen molar-refractivity contribution in [2.45, 2.75) is 19.0 Å². The van der Waals surface area contributed by atoms with Crippen molar-refractivity contribution >= 4 is 50.8 Å². The number of aryl methyl sites for hydroxylation is 1. The fraction of sp³-hybridized carbons (Fsp3) is 0.0909. The van der Waals surface area contributed by atoms with Crippen LogP contribution < -0.4 is 0 Å². The van der Waals surface area contributed by atoms with E-state index in [4.69, 9.17) is 0 Å². The van der Waals surface area contributed by atoms with Crippen molar-refractivity contribution < 1.29 is 9.90 Å². The number of carboxylic acids is 1. The highest BCUT2D eigenvalue weighted by Crippen LogP contribution is 2.30. The average molecular weight is 468 g/mol. The van der Waals surface area contributed by atoms with E-state index in [0.717, 1.165) is 49.9 Å². The Morgan fingerprint density at radius 2 is 1.90 bits per heavy atom. The molecule has 0 radical (unpaired) electrons. The van der Waals surface area contributed by atoms with Crippen LogP contribution in [0.1, 0.15) is 17.0 Å². The SMILES string of the molecule is Cc1cc(/C=C(\Sc2nc3ccccc3[nH]2)C(=O)O)c(C)n1-c1ccc(Br)cc1. The Labute approximate surface area is 180 Å². The summed E-state index contributed by atoms with van der Waals surface area (Å²) in [5, 5.41) is 10.3. The van der Waals surface area contributed by atoms with Gasteiger partial charge in [0.25, 0.3) is 0 Å². The number of halogens is 1. The van der Waals surface area contributed by atoms with Crippen molar-refractivity contribution in [2.24, 2.45) is 0 Å². The van der Waals surface area contributed by atoms with Gasteiger partial charge in [-0.25, -0.2) is 9.78 Å². The second-order valence-corrected chi connectivity index (χ2v) is 8.56. The summed E-state index contributed by atoms with van der Waals surface area (Å²) >= 11 is 4.58. The number of aliphatic carboxylic acids is 1. The Morgan fingerprint density at radius 3 is 2.59 bits per heavy atom. The van der Waals surface area contributed by atoms with Gasteiger partial charge in [0.15, 0.2) is 5.16 Å². The van der Waals surface area contributed by atoms with Crippen LogP contribution >= 0.6 is 27.7 Å². The van der Waals surface area contributed by atoms with Gasteiger partial charge in [0.1, 0.15) is 4.91 Å². The van der Waals surface area contributed by atoms with E-state index in [1.54, 1.807) is 6.08 Å². The van der Waals surface area contributed by atoms with Gasteiger partial charge in [-0.3, -0.25) is 0 Å². The molecule has 146 valence electrons. The van der Waals surface area contributed by atoms with Crippen LogP contribution in [-0.2, 0) is 4.79 Å². The zero-order chi connectivity index (χ0) is 20.5. The normalized spacial score (nSPS) is 11.9. The zero-order valence-electron chi connectivity index (χ0n) is 15.8. The average Bonchev–Trinajstić information content (AvgIpc) is 3.22. The Morgan fingerprint density at radius 1 is 1.17 bits per heavy atom. The lowest BCUT2D eigenvalue weighted by atomic mass is 10.2. The topological polar surface area (TPSA) is 70.9 Å².